The standard InChI is InChI=1S/C19H28N4/c1-3-23-16-20-12-19(23)15-21(2)13-17-8-4-5-9-18(17)14-22-10-6-7-11-22/h4-5,8-9,12,16H,3,6-7,10-11,13-15H2,1-2H3. The Morgan fingerprint density at radius 3 is 2.57 bits per heavy atom. The van der Waals surface area contributed by atoms with Crippen molar-refractivity contribution in [1.82, 2.24) is 19.4 Å². The van der Waals surface area contributed by atoms with Gasteiger partial charge in [0.05, 0.1) is 12.0 Å². The third kappa shape index (κ3) is 4.21. The van der Waals surface area contributed by atoms with E-state index < -0.39 is 0 Å². The highest BCUT2D eigenvalue weighted by Crippen LogP contribution is 2.18. The largest absolute Gasteiger partial charge is 0.334 e. The van der Waals surface area contributed by atoms with E-state index in [9.17, 15) is 0 Å². The Morgan fingerprint density at radius 2 is 1.83 bits per heavy atom. The van der Waals surface area contributed by atoms with Crippen molar-refractivity contribution in [3.05, 3.63) is 53.6 Å². The molecule has 0 atom stereocenters. The normalized spacial score (nSPS) is 15.6. The van der Waals surface area contributed by atoms with Crippen molar-refractivity contribution in [2.24, 2.45) is 0 Å². The molecule has 0 spiro atoms. The van der Waals surface area contributed by atoms with Crippen LogP contribution in [0.5, 0.6) is 0 Å². The second-order valence-corrected chi connectivity index (χ2v) is 6.60. The molecule has 4 nitrogen and oxygen atoms in total. The van der Waals surface area contributed by atoms with Crippen LogP contribution >= 0.6 is 0 Å². The Labute approximate surface area is 139 Å². The van der Waals surface area contributed by atoms with Crippen molar-refractivity contribution in [1.29, 1.82) is 0 Å². The molecule has 1 saturated heterocycles. The van der Waals surface area contributed by atoms with E-state index in [0.29, 0.717) is 0 Å². The van der Waals surface area contributed by atoms with Gasteiger partial charge in [0, 0.05) is 32.4 Å². The molecule has 23 heavy (non-hydrogen) atoms. The number of imidazole rings is 1. The lowest BCUT2D eigenvalue weighted by Crippen LogP contribution is -2.22. The first-order chi connectivity index (χ1) is 11.3. The van der Waals surface area contributed by atoms with E-state index in [0.717, 1.165) is 26.2 Å². The van der Waals surface area contributed by atoms with Crippen LogP contribution in [-0.4, -0.2) is 39.5 Å². The summed E-state index contributed by atoms with van der Waals surface area (Å²) in [5.41, 5.74) is 4.21. The zero-order valence-corrected chi connectivity index (χ0v) is 14.4. The summed E-state index contributed by atoms with van der Waals surface area (Å²) in [6, 6.07) is 8.89. The molecule has 0 amide bonds. The van der Waals surface area contributed by atoms with Crippen LogP contribution in [0.3, 0.4) is 0 Å². The van der Waals surface area contributed by atoms with Crippen molar-refractivity contribution in [2.45, 2.75) is 45.9 Å². The van der Waals surface area contributed by atoms with E-state index in [4.69, 9.17) is 0 Å². The number of benzene rings is 1. The van der Waals surface area contributed by atoms with Gasteiger partial charge in [-0.05, 0) is 51.0 Å². The summed E-state index contributed by atoms with van der Waals surface area (Å²) >= 11 is 0. The van der Waals surface area contributed by atoms with Crippen LogP contribution in [0.4, 0.5) is 0 Å². The summed E-state index contributed by atoms with van der Waals surface area (Å²) in [5.74, 6) is 0. The Kier molecular flexibility index (Phi) is 5.47. The van der Waals surface area contributed by atoms with Gasteiger partial charge in [0.15, 0.2) is 0 Å². The van der Waals surface area contributed by atoms with Gasteiger partial charge in [-0.2, -0.15) is 0 Å². The minimum atomic E-state index is 0.936. The van der Waals surface area contributed by atoms with Gasteiger partial charge in [0.2, 0.25) is 0 Å². The smallest absolute Gasteiger partial charge is 0.0948 e. The molecule has 0 saturated carbocycles. The Morgan fingerprint density at radius 1 is 1.09 bits per heavy atom. The maximum atomic E-state index is 4.27. The van der Waals surface area contributed by atoms with E-state index in [1.165, 1.54) is 42.8 Å². The van der Waals surface area contributed by atoms with Crippen LogP contribution in [0.25, 0.3) is 0 Å². The molecule has 1 fully saturated rings. The minimum absolute atomic E-state index is 0.936. The number of likely N-dealkylation sites (tertiary alicyclic amines) is 1. The van der Waals surface area contributed by atoms with Crippen molar-refractivity contribution >= 4 is 0 Å². The van der Waals surface area contributed by atoms with Crippen LogP contribution < -0.4 is 0 Å². The Hall–Kier alpha value is -1.65. The average molecular weight is 312 g/mol. The summed E-state index contributed by atoms with van der Waals surface area (Å²) in [7, 11) is 2.19. The van der Waals surface area contributed by atoms with Gasteiger partial charge < -0.3 is 4.57 Å². The molecule has 0 radical (unpaired) electrons. The molecule has 0 unspecified atom stereocenters. The molecule has 1 aliphatic rings. The first kappa shape index (κ1) is 16.2. The maximum absolute atomic E-state index is 4.27. The van der Waals surface area contributed by atoms with E-state index in [1.807, 2.05) is 12.5 Å². The van der Waals surface area contributed by atoms with Gasteiger partial charge in [-0.15, -0.1) is 0 Å². The van der Waals surface area contributed by atoms with Crippen LogP contribution in [0, 0.1) is 0 Å². The fourth-order valence-electron chi connectivity index (χ4n) is 3.44. The molecule has 0 N–H and O–H groups in total. The quantitative estimate of drug-likeness (QED) is 0.785. The second-order valence-electron chi connectivity index (χ2n) is 6.60. The average Bonchev–Trinajstić information content (AvgIpc) is 3.20. The number of nitrogens with zero attached hydrogens (tertiary/aromatic N) is 4. The fourth-order valence-corrected chi connectivity index (χ4v) is 3.44. The molecule has 4 heteroatoms. The van der Waals surface area contributed by atoms with Crippen molar-refractivity contribution in [3.8, 4) is 0 Å². The van der Waals surface area contributed by atoms with E-state index in [1.54, 1.807) is 0 Å². The second kappa shape index (κ2) is 7.75. The van der Waals surface area contributed by atoms with Gasteiger partial charge in [-0.1, -0.05) is 24.3 Å². The van der Waals surface area contributed by atoms with Gasteiger partial charge in [0.25, 0.3) is 0 Å². The van der Waals surface area contributed by atoms with Crippen LogP contribution in [0.1, 0.15) is 36.6 Å². The summed E-state index contributed by atoms with van der Waals surface area (Å²) < 4.78 is 2.21. The van der Waals surface area contributed by atoms with Crippen molar-refractivity contribution in [2.75, 3.05) is 20.1 Å². The van der Waals surface area contributed by atoms with E-state index in [2.05, 4.69) is 57.6 Å². The van der Waals surface area contributed by atoms with Crippen molar-refractivity contribution in [3.63, 3.8) is 0 Å². The number of hydrogen-bond acceptors (Lipinski definition) is 3. The number of aryl methyl sites for hydroxylation is 1. The van der Waals surface area contributed by atoms with Gasteiger partial charge in [-0.25, -0.2) is 4.98 Å². The molecule has 2 aromatic rings. The maximum Gasteiger partial charge on any atom is 0.0948 e. The third-order valence-electron chi connectivity index (χ3n) is 4.72. The molecular formula is C19H28N4. The van der Waals surface area contributed by atoms with Gasteiger partial charge in [-0.3, -0.25) is 9.80 Å². The SMILES string of the molecule is CCn1cncc1CN(C)Cc1ccccc1CN1CCCC1. The molecule has 0 aliphatic carbocycles. The minimum Gasteiger partial charge on any atom is -0.334 e. The predicted molar refractivity (Wildman–Crippen MR) is 94.0 cm³/mol. The lowest BCUT2D eigenvalue weighted by Gasteiger charge is -2.21. The Balaban J connectivity index is 1.64. The fraction of sp³-hybridized carbons (Fsp3) is 0.526. The molecule has 2 heterocycles. The number of rotatable bonds is 7. The lowest BCUT2D eigenvalue weighted by atomic mass is 10.1. The van der Waals surface area contributed by atoms with Gasteiger partial charge >= 0.3 is 0 Å². The number of aromatic nitrogens is 2. The van der Waals surface area contributed by atoms with E-state index in [-0.39, 0.29) is 0 Å². The van der Waals surface area contributed by atoms with Crippen LogP contribution in [0.2, 0.25) is 0 Å². The van der Waals surface area contributed by atoms with Crippen LogP contribution in [-0.2, 0) is 26.2 Å². The van der Waals surface area contributed by atoms with E-state index >= 15 is 0 Å². The molecule has 1 aromatic carbocycles. The molecule has 1 aromatic heterocycles. The van der Waals surface area contributed by atoms with Crippen LogP contribution in [0.15, 0.2) is 36.8 Å². The molecular weight excluding hydrogens is 284 g/mol. The summed E-state index contributed by atoms with van der Waals surface area (Å²) in [6.07, 6.45) is 6.60. The zero-order valence-electron chi connectivity index (χ0n) is 14.4. The summed E-state index contributed by atoms with van der Waals surface area (Å²) in [5, 5.41) is 0. The first-order valence-electron chi connectivity index (χ1n) is 8.73. The first-order valence-corrected chi connectivity index (χ1v) is 8.73. The van der Waals surface area contributed by atoms with Crippen molar-refractivity contribution < 1.29 is 0 Å². The zero-order chi connectivity index (χ0) is 16.1. The molecule has 1 aliphatic heterocycles. The molecule has 124 valence electrons. The summed E-state index contributed by atoms with van der Waals surface area (Å²) in [4.78, 5) is 9.22. The predicted octanol–water partition coefficient (Wildman–Crippen LogP) is 3.13. The topological polar surface area (TPSA) is 24.3 Å². The monoisotopic (exact) mass is 312 g/mol. The number of hydrogen-bond donors (Lipinski definition) is 0. The molecule has 0 bridgehead atoms. The molecule has 3 rings (SSSR count). The lowest BCUT2D eigenvalue weighted by molar-refractivity contribution is 0.301. The highest BCUT2D eigenvalue weighted by atomic mass is 15.1. The Bertz CT molecular complexity index is 613. The van der Waals surface area contributed by atoms with Gasteiger partial charge in [0.1, 0.15) is 0 Å². The highest BCUT2D eigenvalue weighted by Gasteiger charge is 2.14. The summed E-state index contributed by atoms with van der Waals surface area (Å²) in [6.45, 7) is 8.66. The third-order valence-corrected chi connectivity index (χ3v) is 4.72. The highest BCUT2D eigenvalue weighted by molar-refractivity contribution is 5.27.